The van der Waals surface area contributed by atoms with Gasteiger partial charge in [0.25, 0.3) is 5.56 Å². The molecule has 0 fully saturated rings. The van der Waals surface area contributed by atoms with Crippen LogP contribution in [0, 0.1) is 18.6 Å². The highest BCUT2D eigenvalue weighted by Gasteiger charge is 2.21. The maximum atomic E-state index is 14.7. The number of nitrogens with two attached hydrogens (primary N) is 1. The average Bonchev–Trinajstić information content (AvgIpc) is 2.80. The van der Waals surface area contributed by atoms with Crippen LogP contribution in [0.15, 0.2) is 53.3 Å². The number of hydrogen-bond acceptors (Lipinski definition) is 6. The first-order valence-electron chi connectivity index (χ1n) is 10.6. The van der Waals surface area contributed by atoms with E-state index in [0.29, 0.717) is 35.3 Å². The van der Waals surface area contributed by atoms with E-state index >= 15 is 0 Å². The van der Waals surface area contributed by atoms with Crippen LogP contribution in [0.25, 0.3) is 28.0 Å². The first kappa shape index (κ1) is 23.2. The molecule has 4 rings (SSSR count). The van der Waals surface area contributed by atoms with Crippen LogP contribution in [0.2, 0.25) is 0 Å². The number of benzene rings is 2. The molecule has 0 unspecified atom stereocenters. The Bertz CT molecular complexity index is 1460. The largest absolute Gasteiger partial charge is 0.343 e. The summed E-state index contributed by atoms with van der Waals surface area (Å²) in [7, 11) is 1.73. The van der Waals surface area contributed by atoms with Crippen molar-refractivity contribution in [2.45, 2.75) is 13.8 Å². The van der Waals surface area contributed by atoms with E-state index in [2.05, 4.69) is 4.98 Å². The second kappa shape index (κ2) is 9.11. The van der Waals surface area contributed by atoms with E-state index in [1.807, 2.05) is 6.92 Å². The maximum Gasteiger partial charge on any atom is 0.256 e. The monoisotopic (exact) mass is 463 g/mol. The lowest BCUT2D eigenvalue weighted by atomic mass is 9.98. The van der Waals surface area contributed by atoms with Gasteiger partial charge >= 0.3 is 0 Å². The number of para-hydroxylation sites is 1. The minimum Gasteiger partial charge on any atom is -0.343 e. The van der Waals surface area contributed by atoms with Crippen LogP contribution in [0.4, 0.5) is 14.7 Å². The number of aryl methyl sites for hydroxylation is 1. The molecule has 0 aliphatic rings. The molecule has 0 radical (unpaired) electrons. The van der Waals surface area contributed by atoms with Crippen molar-refractivity contribution in [3.8, 4) is 16.9 Å². The minimum atomic E-state index is -0.901. The number of anilines is 1. The van der Waals surface area contributed by atoms with Gasteiger partial charge in [-0.1, -0.05) is 18.2 Å². The Balaban J connectivity index is 2.16. The maximum absolute atomic E-state index is 14.7. The van der Waals surface area contributed by atoms with Crippen molar-refractivity contribution in [3.63, 3.8) is 0 Å². The summed E-state index contributed by atoms with van der Waals surface area (Å²) in [6, 6.07) is 11.4. The van der Waals surface area contributed by atoms with Crippen LogP contribution in [-0.2, 0) is 0 Å². The number of ketones is 1. The second-order valence-corrected chi connectivity index (χ2v) is 7.98. The summed E-state index contributed by atoms with van der Waals surface area (Å²) in [6.45, 7) is 4.05. The van der Waals surface area contributed by atoms with Crippen molar-refractivity contribution < 1.29 is 13.6 Å². The van der Waals surface area contributed by atoms with Gasteiger partial charge in [0.05, 0.1) is 5.69 Å². The van der Waals surface area contributed by atoms with Crippen molar-refractivity contribution >= 4 is 22.8 Å². The highest BCUT2D eigenvalue weighted by Crippen LogP contribution is 2.32. The molecule has 0 spiro atoms. The third kappa shape index (κ3) is 4.06. The number of halogens is 2. The molecule has 0 bridgehead atoms. The summed E-state index contributed by atoms with van der Waals surface area (Å²) in [5, 5.41) is 0.399. The number of fused-ring (bicyclic) bond motifs is 1. The third-order valence-corrected chi connectivity index (χ3v) is 5.60. The van der Waals surface area contributed by atoms with Gasteiger partial charge in [-0.05, 0) is 43.7 Å². The first-order chi connectivity index (χ1) is 16.2. The second-order valence-electron chi connectivity index (χ2n) is 7.98. The van der Waals surface area contributed by atoms with E-state index in [0.717, 1.165) is 22.3 Å². The molecule has 2 N–H and O–H groups in total. The standard InChI is InChI=1S/C25H23F2N5O2/c1-14-7-8-16(15(2)33)13-18(14)22-17-9-10-21(34)32(23-19(26)5-4-6-20(23)27)24(17)30-25(29-22)31(3)12-11-28/h4-10,13H,11-12,28H2,1-3H3. The zero-order valence-corrected chi connectivity index (χ0v) is 19.0. The molecular weight excluding hydrogens is 440 g/mol. The topological polar surface area (TPSA) is 94.1 Å². The van der Waals surface area contributed by atoms with Crippen molar-refractivity contribution in [2.24, 2.45) is 5.73 Å². The number of likely N-dealkylation sites (N-methyl/N-ethyl adjacent to an activating group) is 1. The number of pyridine rings is 1. The average molecular weight is 463 g/mol. The summed E-state index contributed by atoms with van der Waals surface area (Å²) in [4.78, 5) is 35.8. The smallest absolute Gasteiger partial charge is 0.256 e. The Kier molecular flexibility index (Phi) is 6.21. The predicted molar refractivity (Wildman–Crippen MR) is 128 cm³/mol. The van der Waals surface area contributed by atoms with E-state index in [9.17, 15) is 18.4 Å². The van der Waals surface area contributed by atoms with Gasteiger partial charge in [0.2, 0.25) is 5.95 Å². The Hall–Kier alpha value is -3.98. The molecule has 9 heteroatoms. The van der Waals surface area contributed by atoms with Crippen molar-refractivity contribution in [3.05, 3.63) is 81.6 Å². The number of nitrogens with zero attached hydrogens (tertiary/aromatic N) is 4. The summed E-state index contributed by atoms with van der Waals surface area (Å²) >= 11 is 0. The molecule has 7 nitrogen and oxygen atoms in total. The molecule has 0 aliphatic carbocycles. The van der Waals surface area contributed by atoms with Gasteiger partial charge in [-0.15, -0.1) is 0 Å². The zero-order valence-electron chi connectivity index (χ0n) is 19.0. The Morgan fingerprint density at radius 3 is 2.44 bits per heavy atom. The van der Waals surface area contributed by atoms with E-state index in [1.54, 1.807) is 30.1 Å². The van der Waals surface area contributed by atoms with Crippen molar-refractivity contribution in [1.29, 1.82) is 0 Å². The fraction of sp³-hybridized carbons (Fsp3) is 0.200. The van der Waals surface area contributed by atoms with Crippen LogP contribution in [0.3, 0.4) is 0 Å². The molecule has 0 aliphatic heterocycles. The highest BCUT2D eigenvalue weighted by molar-refractivity contribution is 5.98. The van der Waals surface area contributed by atoms with Gasteiger partial charge < -0.3 is 10.6 Å². The van der Waals surface area contributed by atoms with Crippen LogP contribution < -0.4 is 16.2 Å². The van der Waals surface area contributed by atoms with Crippen molar-refractivity contribution in [1.82, 2.24) is 14.5 Å². The van der Waals surface area contributed by atoms with Gasteiger partial charge in [0, 0.05) is 42.7 Å². The summed E-state index contributed by atoms with van der Waals surface area (Å²) in [6.07, 6.45) is 0. The summed E-state index contributed by atoms with van der Waals surface area (Å²) in [5.74, 6) is -1.70. The number of hydrogen-bond donors (Lipinski definition) is 1. The molecule has 4 aromatic rings. The summed E-state index contributed by atoms with van der Waals surface area (Å²) < 4.78 is 30.4. The molecule has 2 aromatic carbocycles. The minimum absolute atomic E-state index is 0.0352. The van der Waals surface area contributed by atoms with Gasteiger partial charge in [-0.2, -0.15) is 4.98 Å². The molecule has 0 atom stereocenters. The van der Waals surface area contributed by atoms with E-state index in [4.69, 9.17) is 10.7 Å². The third-order valence-electron chi connectivity index (χ3n) is 5.60. The Labute approximate surface area is 194 Å². The SMILES string of the molecule is CC(=O)c1ccc(C)c(-c2nc(N(C)CCN)nc3c2ccc(=O)n3-c2c(F)cccc2F)c1. The van der Waals surface area contributed by atoms with E-state index < -0.39 is 22.9 Å². The molecule has 0 amide bonds. The van der Waals surface area contributed by atoms with Crippen molar-refractivity contribution in [2.75, 3.05) is 25.0 Å². The normalized spacial score (nSPS) is 11.1. The molecule has 174 valence electrons. The Morgan fingerprint density at radius 1 is 1.09 bits per heavy atom. The quantitative estimate of drug-likeness (QED) is 0.439. The van der Waals surface area contributed by atoms with Gasteiger partial charge in [-0.25, -0.2) is 13.8 Å². The van der Waals surface area contributed by atoms with Crippen LogP contribution in [0.5, 0.6) is 0 Å². The Morgan fingerprint density at radius 2 is 1.79 bits per heavy atom. The number of carbonyl (C=O) groups is 1. The number of carbonyl (C=O) groups excluding carboxylic acids is 1. The lowest BCUT2D eigenvalue weighted by molar-refractivity contribution is 0.101. The molecular formula is C25H23F2N5O2. The number of rotatable bonds is 6. The summed E-state index contributed by atoms with van der Waals surface area (Å²) in [5.41, 5.74) is 6.94. The highest BCUT2D eigenvalue weighted by atomic mass is 19.1. The predicted octanol–water partition coefficient (Wildman–Crippen LogP) is 3.63. The van der Waals surface area contributed by atoms with Crippen LogP contribution in [0.1, 0.15) is 22.8 Å². The lowest BCUT2D eigenvalue weighted by Gasteiger charge is -2.20. The first-order valence-corrected chi connectivity index (χ1v) is 10.6. The van der Waals surface area contributed by atoms with Gasteiger partial charge in [-0.3, -0.25) is 14.2 Å². The van der Waals surface area contributed by atoms with Crippen LogP contribution in [-0.4, -0.2) is 40.5 Å². The van der Waals surface area contributed by atoms with E-state index in [-0.39, 0.29) is 17.4 Å². The number of aromatic nitrogens is 3. The molecule has 34 heavy (non-hydrogen) atoms. The van der Waals surface area contributed by atoms with E-state index in [1.165, 1.54) is 25.1 Å². The molecule has 2 aromatic heterocycles. The molecule has 0 saturated carbocycles. The molecule has 0 saturated heterocycles. The lowest BCUT2D eigenvalue weighted by Crippen LogP contribution is -2.28. The fourth-order valence-corrected chi connectivity index (χ4v) is 3.79. The van der Waals surface area contributed by atoms with Gasteiger partial charge in [0.1, 0.15) is 17.3 Å². The fourth-order valence-electron chi connectivity index (χ4n) is 3.79. The zero-order chi connectivity index (χ0) is 24.6. The van der Waals surface area contributed by atoms with Gasteiger partial charge in [0.15, 0.2) is 11.4 Å². The molecule has 2 heterocycles. The number of Topliss-reactive ketones (excluding diaryl/α,β-unsaturated/α-hetero) is 1. The van der Waals surface area contributed by atoms with Crippen LogP contribution >= 0.6 is 0 Å².